The zero-order chi connectivity index (χ0) is 24.5. The topological polar surface area (TPSA) is 71.1 Å². The van der Waals surface area contributed by atoms with E-state index >= 15 is 0 Å². The van der Waals surface area contributed by atoms with Gasteiger partial charge in [-0.1, -0.05) is 48.5 Å². The number of pyridine rings is 1. The summed E-state index contributed by atoms with van der Waals surface area (Å²) in [6.07, 6.45) is 3.98. The van der Waals surface area contributed by atoms with Crippen LogP contribution in [0.25, 0.3) is 0 Å². The predicted molar refractivity (Wildman–Crippen MR) is 136 cm³/mol. The van der Waals surface area contributed by atoms with E-state index in [1.165, 1.54) is 12.1 Å². The lowest BCUT2D eigenvalue weighted by Crippen LogP contribution is -2.42. The lowest BCUT2D eigenvalue weighted by Gasteiger charge is -2.39. The summed E-state index contributed by atoms with van der Waals surface area (Å²) in [4.78, 5) is 31.3. The zero-order valence-corrected chi connectivity index (χ0v) is 20.6. The highest BCUT2D eigenvalue weighted by molar-refractivity contribution is 9.10. The SMILES string of the molecule is CC1=C(C(=O)Nc2ccc(Br)cn2)C(c2cccc(F)c2)C2C(=O)CC(c3ccccc3)C=C2N1. The molecule has 0 saturated carbocycles. The van der Waals surface area contributed by atoms with Gasteiger partial charge in [0.2, 0.25) is 0 Å². The molecule has 1 amide bonds. The summed E-state index contributed by atoms with van der Waals surface area (Å²) in [5, 5.41) is 6.16. The number of Topliss-reactive ketones (excluding diaryl/α,β-unsaturated/α-hetero) is 1. The minimum absolute atomic E-state index is 0.0117. The van der Waals surface area contributed by atoms with E-state index in [1.807, 2.05) is 37.3 Å². The van der Waals surface area contributed by atoms with E-state index in [0.717, 1.165) is 15.7 Å². The summed E-state index contributed by atoms with van der Waals surface area (Å²) in [6, 6.07) is 19.5. The molecule has 1 aromatic heterocycles. The number of ketones is 1. The number of nitrogens with zero attached hydrogens (tertiary/aromatic N) is 1. The Morgan fingerprint density at radius 1 is 1.06 bits per heavy atom. The fraction of sp³-hybridized carbons (Fsp3) is 0.179. The number of amides is 1. The van der Waals surface area contributed by atoms with Crippen LogP contribution in [-0.2, 0) is 9.59 Å². The molecular formula is C28H23BrFN3O2. The summed E-state index contributed by atoms with van der Waals surface area (Å²) >= 11 is 3.34. The van der Waals surface area contributed by atoms with Gasteiger partial charge in [-0.2, -0.15) is 0 Å². The Balaban J connectivity index is 1.58. The summed E-state index contributed by atoms with van der Waals surface area (Å²) in [6.45, 7) is 1.81. The number of halogens is 2. The molecule has 0 radical (unpaired) electrons. The van der Waals surface area contributed by atoms with Gasteiger partial charge >= 0.3 is 0 Å². The average molecular weight is 532 g/mol. The van der Waals surface area contributed by atoms with Crippen LogP contribution >= 0.6 is 15.9 Å². The first-order valence-electron chi connectivity index (χ1n) is 11.4. The molecular weight excluding hydrogens is 509 g/mol. The van der Waals surface area contributed by atoms with Crippen LogP contribution in [0.1, 0.15) is 36.3 Å². The first-order valence-corrected chi connectivity index (χ1v) is 12.2. The Morgan fingerprint density at radius 3 is 2.54 bits per heavy atom. The molecule has 0 fully saturated rings. The molecule has 1 aliphatic carbocycles. The van der Waals surface area contributed by atoms with E-state index in [1.54, 1.807) is 30.5 Å². The first-order chi connectivity index (χ1) is 16.9. The summed E-state index contributed by atoms with van der Waals surface area (Å²) in [7, 11) is 0. The third-order valence-corrected chi connectivity index (χ3v) is 6.98. The Hall–Kier alpha value is -3.58. The van der Waals surface area contributed by atoms with Gasteiger partial charge in [0, 0.05) is 45.9 Å². The van der Waals surface area contributed by atoms with Gasteiger partial charge in [-0.3, -0.25) is 9.59 Å². The van der Waals surface area contributed by atoms with Gasteiger partial charge in [-0.15, -0.1) is 0 Å². The largest absolute Gasteiger partial charge is 0.362 e. The van der Waals surface area contributed by atoms with Gasteiger partial charge in [-0.25, -0.2) is 9.37 Å². The molecule has 1 aliphatic heterocycles. The molecule has 2 N–H and O–H groups in total. The van der Waals surface area contributed by atoms with E-state index in [9.17, 15) is 14.0 Å². The normalized spacial score (nSPS) is 21.6. The standard InChI is InChI=1S/C28H23BrFN3O2/c1-16-25(28(35)33-24-11-10-20(29)15-31-24)26(18-8-5-9-21(30)12-18)27-22(32-16)13-19(14-23(27)34)17-6-3-2-4-7-17/h2-13,15,19,26-27,32H,14H2,1H3,(H,31,33,35). The molecule has 2 heterocycles. The van der Waals surface area contributed by atoms with Gasteiger partial charge in [0.25, 0.3) is 5.91 Å². The molecule has 7 heteroatoms. The van der Waals surface area contributed by atoms with Crippen LogP contribution in [0, 0.1) is 11.7 Å². The fourth-order valence-electron chi connectivity index (χ4n) is 4.98. The maximum absolute atomic E-state index is 14.3. The molecule has 3 atom stereocenters. The average Bonchev–Trinajstić information content (AvgIpc) is 2.85. The van der Waals surface area contributed by atoms with Crippen LogP contribution < -0.4 is 10.6 Å². The number of allylic oxidation sites excluding steroid dienone is 3. The number of fused-ring (bicyclic) bond motifs is 1. The van der Waals surface area contributed by atoms with E-state index in [4.69, 9.17) is 0 Å². The zero-order valence-electron chi connectivity index (χ0n) is 19.0. The van der Waals surface area contributed by atoms with E-state index in [0.29, 0.717) is 29.1 Å². The quantitative estimate of drug-likeness (QED) is 0.443. The Kier molecular flexibility index (Phi) is 6.34. The van der Waals surface area contributed by atoms with Crippen LogP contribution in [0.5, 0.6) is 0 Å². The lowest BCUT2D eigenvalue weighted by molar-refractivity contribution is -0.123. The third-order valence-electron chi connectivity index (χ3n) is 6.51. The van der Waals surface area contributed by atoms with Crippen molar-refractivity contribution in [1.29, 1.82) is 0 Å². The first kappa shape index (κ1) is 23.2. The molecule has 2 aromatic carbocycles. The molecule has 5 rings (SSSR count). The van der Waals surface area contributed by atoms with Crippen molar-refractivity contribution in [2.24, 2.45) is 5.92 Å². The molecule has 0 bridgehead atoms. The van der Waals surface area contributed by atoms with Crippen molar-refractivity contribution in [3.8, 4) is 0 Å². The molecule has 5 nitrogen and oxygen atoms in total. The Bertz CT molecular complexity index is 1350. The second kappa shape index (κ2) is 9.58. The van der Waals surface area contributed by atoms with Crippen molar-refractivity contribution < 1.29 is 14.0 Å². The summed E-state index contributed by atoms with van der Waals surface area (Å²) < 4.78 is 15.1. The second-order valence-electron chi connectivity index (χ2n) is 8.80. The van der Waals surface area contributed by atoms with Crippen molar-refractivity contribution in [3.05, 3.63) is 117 Å². The fourth-order valence-corrected chi connectivity index (χ4v) is 5.22. The van der Waals surface area contributed by atoms with Gasteiger partial charge in [0.15, 0.2) is 0 Å². The molecule has 0 saturated heterocycles. The van der Waals surface area contributed by atoms with Crippen molar-refractivity contribution in [3.63, 3.8) is 0 Å². The maximum atomic E-state index is 14.3. The van der Waals surface area contributed by atoms with Gasteiger partial charge in [-0.05, 0) is 58.2 Å². The molecule has 0 spiro atoms. The minimum Gasteiger partial charge on any atom is -0.362 e. The number of carbonyl (C=O) groups excluding carboxylic acids is 2. The number of benzene rings is 2. The molecule has 3 unspecified atom stereocenters. The van der Waals surface area contributed by atoms with Crippen molar-refractivity contribution in [1.82, 2.24) is 10.3 Å². The molecule has 176 valence electrons. The number of aromatic nitrogens is 1. The Morgan fingerprint density at radius 2 is 1.83 bits per heavy atom. The highest BCUT2D eigenvalue weighted by Gasteiger charge is 2.44. The number of nitrogens with one attached hydrogen (secondary N) is 2. The van der Waals surface area contributed by atoms with Crippen molar-refractivity contribution in [2.45, 2.75) is 25.2 Å². The van der Waals surface area contributed by atoms with Crippen LogP contribution in [0.15, 0.2) is 100 Å². The number of anilines is 1. The molecule has 3 aromatic rings. The van der Waals surface area contributed by atoms with Crippen LogP contribution in [0.2, 0.25) is 0 Å². The second-order valence-corrected chi connectivity index (χ2v) is 9.72. The molecule has 35 heavy (non-hydrogen) atoms. The highest BCUT2D eigenvalue weighted by Crippen LogP contribution is 2.46. The predicted octanol–water partition coefficient (Wildman–Crippen LogP) is 5.84. The monoisotopic (exact) mass is 531 g/mol. The van der Waals surface area contributed by atoms with Gasteiger partial charge < -0.3 is 10.6 Å². The lowest BCUT2D eigenvalue weighted by atomic mass is 9.68. The summed E-state index contributed by atoms with van der Waals surface area (Å²) in [5.74, 6) is -1.70. The minimum atomic E-state index is -0.627. The van der Waals surface area contributed by atoms with E-state index < -0.39 is 17.7 Å². The number of hydrogen-bond donors (Lipinski definition) is 2. The van der Waals surface area contributed by atoms with Crippen molar-refractivity contribution >= 4 is 33.4 Å². The van der Waals surface area contributed by atoms with Crippen molar-refractivity contribution in [2.75, 3.05) is 5.32 Å². The smallest absolute Gasteiger partial charge is 0.255 e. The number of hydrogen-bond acceptors (Lipinski definition) is 4. The van der Waals surface area contributed by atoms with Crippen LogP contribution in [0.3, 0.4) is 0 Å². The van der Waals surface area contributed by atoms with Gasteiger partial charge in [0.05, 0.1) is 5.92 Å². The van der Waals surface area contributed by atoms with Gasteiger partial charge in [0.1, 0.15) is 17.4 Å². The Labute approximate surface area is 211 Å². The third kappa shape index (κ3) is 4.68. The highest BCUT2D eigenvalue weighted by atomic mass is 79.9. The van der Waals surface area contributed by atoms with E-state index in [-0.39, 0.29) is 17.6 Å². The maximum Gasteiger partial charge on any atom is 0.255 e. The number of rotatable bonds is 4. The summed E-state index contributed by atoms with van der Waals surface area (Å²) in [5.41, 5.74) is 3.41. The van der Waals surface area contributed by atoms with E-state index in [2.05, 4.69) is 37.6 Å². The van der Waals surface area contributed by atoms with Crippen LogP contribution in [-0.4, -0.2) is 16.7 Å². The molecule has 2 aliphatic rings. The van der Waals surface area contributed by atoms with Crippen LogP contribution in [0.4, 0.5) is 10.2 Å². The number of carbonyl (C=O) groups is 2.